The summed E-state index contributed by atoms with van der Waals surface area (Å²) < 4.78 is -0.184. The normalized spacial score (nSPS) is 11.1. The van der Waals surface area contributed by atoms with Crippen molar-refractivity contribution in [2.45, 2.75) is 2.27 Å². The average molecular weight is 482 g/mol. The second-order valence-electron chi connectivity index (χ2n) is 2.72. The fraction of sp³-hybridized carbons (Fsp3) is 0.125. The van der Waals surface area contributed by atoms with Crippen molar-refractivity contribution >= 4 is 75.4 Å². The Morgan fingerprint density at radius 2 is 2.00 bits per heavy atom. The standard InChI is InChI=1S/C8H6Br4N2O2/c9-5-2-1-3-6(4-5)14(16)7(15)13-8(10,11)12/h1-4,16H,(H,13,15). The summed E-state index contributed by atoms with van der Waals surface area (Å²) in [6.45, 7) is 0. The van der Waals surface area contributed by atoms with Crippen LogP contribution in [-0.2, 0) is 0 Å². The van der Waals surface area contributed by atoms with Crippen molar-refractivity contribution in [2.75, 3.05) is 5.06 Å². The Morgan fingerprint density at radius 3 is 2.50 bits per heavy atom. The molecule has 1 rings (SSSR count). The van der Waals surface area contributed by atoms with Crippen LogP contribution >= 0.6 is 63.7 Å². The third-order valence-electron chi connectivity index (χ3n) is 1.49. The molecule has 2 amide bonds. The number of halogens is 4. The minimum Gasteiger partial charge on any atom is -0.303 e. The van der Waals surface area contributed by atoms with Gasteiger partial charge in [0.25, 0.3) is 0 Å². The van der Waals surface area contributed by atoms with Crippen molar-refractivity contribution in [3.8, 4) is 0 Å². The van der Waals surface area contributed by atoms with Crippen molar-refractivity contribution in [1.82, 2.24) is 5.32 Å². The first-order valence-corrected chi connectivity index (χ1v) is 7.10. The molecular weight excluding hydrogens is 476 g/mol. The van der Waals surface area contributed by atoms with Gasteiger partial charge in [-0.25, -0.2) is 4.79 Å². The molecule has 4 nitrogen and oxygen atoms in total. The Hall–Kier alpha value is 0.370. The molecule has 1 aromatic rings. The Labute approximate surface area is 126 Å². The number of rotatable bonds is 1. The zero-order chi connectivity index (χ0) is 12.3. The number of nitrogens with zero attached hydrogens (tertiary/aromatic N) is 1. The van der Waals surface area contributed by atoms with E-state index in [2.05, 4.69) is 69.0 Å². The lowest BCUT2D eigenvalue weighted by Gasteiger charge is -2.20. The maximum absolute atomic E-state index is 11.5. The molecule has 8 heteroatoms. The van der Waals surface area contributed by atoms with Crippen LogP contribution in [0.25, 0.3) is 0 Å². The van der Waals surface area contributed by atoms with Crippen LogP contribution in [0, 0.1) is 0 Å². The van der Waals surface area contributed by atoms with Crippen LogP contribution in [0.4, 0.5) is 10.5 Å². The largest absolute Gasteiger partial charge is 0.348 e. The molecule has 2 N–H and O–H groups in total. The smallest absolute Gasteiger partial charge is 0.303 e. The molecule has 0 saturated carbocycles. The quantitative estimate of drug-likeness (QED) is 0.274. The number of benzene rings is 1. The average Bonchev–Trinajstić information content (AvgIpc) is 2.14. The Kier molecular flexibility index (Phi) is 5.24. The van der Waals surface area contributed by atoms with Crippen LogP contribution in [0.5, 0.6) is 0 Å². The van der Waals surface area contributed by atoms with E-state index in [1.54, 1.807) is 24.3 Å². The fourth-order valence-corrected chi connectivity index (χ4v) is 1.80. The maximum atomic E-state index is 11.5. The molecule has 16 heavy (non-hydrogen) atoms. The molecule has 0 bridgehead atoms. The van der Waals surface area contributed by atoms with Gasteiger partial charge in [-0.05, 0) is 66.0 Å². The summed E-state index contributed by atoms with van der Waals surface area (Å²) >= 11 is 12.5. The molecule has 0 aliphatic carbocycles. The van der Waals surface area contributed by atoms with Gasteiger partial charge in [0.05, 0.1) is 5.69 Å². The number of alkyl halides is 3. The molecule has 1 aromatic carbocycles. The second kappa shape index (κ2) is 5.81. The van der Waals surface area contributed by atoms with Gasteiger partial charge >= 0.3 is 6.03 Å². The summed E-state index contributed by atoms with van der Waals surface area (Å²) in [6, 6.07) is 6.02. The van der Waals surface area contributed by atoms with E-state index in [1.165, 1.54) is 0 Å². The van der Waals surface area contributed by atoms with E-state index in [0.717, 1.165) is 4.47 Å². The Morgan fingerprint density at radius 1 is 1.38 bits per heavy atom. The molecule has 0 fully saturated rings. The second-order valence-corrected chi connectivity index (χ2v) is 10.4. The summed E-state index contributed by atoms with van der Waals surface area (Å²) in [4.78, 5) is 11.5. The fourth-order valence-electron chi connectivity index (χ4n) is 0.899. The van der Waals surface area contributed by atoms with Crippen LogP contribution in [0.15, 0.2) is 28.7 Å². The van der Waals surface area contributed by atoms with Crippen LogP contribution < -0.4 is 10.4 Å². The van der Waals surface area contributed by atoms with Gasteiger partial charge in [0.2, 0.25) is 2.27 Å². The highest BCUT2D eigenvalue weighted by Crippen LogP contribution is 2.30. The number of amides is 2. The lowest BCUT2D eigenvalue weighted by molar-refractivity contribution is 0.205. The zero-order valence-electron chi connectivity index (χ0n) is 7.62. The van der Waals surface area contributed by atoms with Crippen LogP contribution in [0.2, 0.25) is 0 Å². The number of hydrogen-bond donors (Lipinski definition) is 2. The van der Waals surface area contributed by atoms with E-state index in [1.807, 2.05) is 0 Å². The monoisotopic (exact) mass is 478 g/mol. The first-order chi connectivity index (χ1) is 7.29. The van der Waals surface area contributed by atoms with E-state index in [9.17, 15) is 10.0 Å². The molecule has 0 atom stereocenters. The van der Waals surface area contributed by atoms with Gasteiger partial charge < -0.3 is 5.32 Å². The Balaban J connectivity index is 2.78. The van der Waals surface area contributed by atoms with E-state index in [0.29, 0.717) is 10.8 Å². The van der Waals surface area contributed by atoms with Crippen LogP contribution in [0.3, 0.4) is 0 Å². The minimum absolute atomic E-state index is 0.351. The number of hydroxylamine groups is 1. The summed E-state index contributed by atoms with van der Waals surface area (Å²) in [7, 11) is 0. The summed E-state index contributed by atoms with van der Waals surface area (Å²) in [6.07, 6.45) is 0. The van der Waals surface area contributed by atoms with Gasteiger partial charge in [-0.2, -0.15) is 5.06 Å². The SMILES string of the molecule is O=C(NC(Br)(Br)Br)N(O)c1cccc(Br)c1. The first-order valence-electron chi connectivity index (χ1n) is 3.93. The number of anilines is 1. The van der Waals surface area contributed by atoms with E-state index >= 15 is 0 Å². The van der Waals surface area contributed by atoms with Crippen LogP contribution in [-0.4, -0.2) is 13.5 Å². The number of nitrogens with one attached hydrogen (secondary N) is 1. The number of carbonyl (C=O) groups excluding carboxylic acids is 1. The van der Waals surface area contributed by atoms with Crippen molar-refractivity contribution in [1.29, 1.82) is 0 Å². The number of hydrogen-bond acceptors (Lipinski definition) is 2. The topological polar surface area (TPSA) is 52.6 Å². The van der Waals surface area contributed by atoms with Crippen LogP contribution in [0.1, 0.15) is 0 Å². The lowest BCUT2D eigenvalue weighted by atomic mass is 10.3. The molecule has 0 heterocycles. The minimum atomic E-state index is -0.947. The number of urea groups is 1. The highest BCUT2D eigenvalue weighted by Gasteiger charge is 2.24. The van der Waals surface area contributed by atoms with Gasteiger partial charge in [-0.15, -0.1) is 0 Å². The molecule has 0 radical (unpaired) electrons. The van der Waals surface area contributed by atoms with E-state index < -0.39 is 8.30 Å². The molecule has 0 aromatic heterocycles. The van der Waals surface area contributed by atoms with Crippen molar-refractivity contribution in [3.05, 3.63) is 28.7 Å². The third-order valence-corrected chi connectivity index (χ3v) is 2.58. The maximum Gasteiger partial charge on any atom is 0.348 e. The van der Waals surface area contributed by atoms with Gasteiger partial charge in [0, 0.05) is 4.47 Å². The van der Waals surface area contributed by atoms with Gasteiger partial charge in [-0.1, -0.05) is 22.0 Å². The lowest BCUT2D eigenvalue weighted by Crippen LogP contribution is -2.43. The molecule has 88 valence electrons. The van der Waals surface area contributed by atoms with Crippen molar-refractivity contribution in [2.24, 2.45) is 0 Å². The molecule has 0 spiro atoms. The summed E-state index contributed by atoms with van der Waals surface area (Å²) in [5.41, 5.74) is 0.351. The van der Waals surface area contributed by atoms with Crippen molar-refractivity contribution in [3.63, 3.8) is 0 Å². The summed E-state index contributed by atoms with van der Waals surface area (Å²) in [5, 5.41) is 12.5. The highest BCUT2D eigenvalue weighted by molar-refractivity contribution is 9.39. The van der Waals surface area contributed by atoms with Crippen molar-refractivity contribution < 1.29 is 10.0 Å². The predicted molar refractivity (Wildman–Crippen MR) is 76.5 cm³/mol. The zero-order valence-corrected chi connectivity index (χ0v) is 14.0. The number of carbonyl (C=O) groups is 1. The highest BCUT2D eigenvalue weighted by atomic mass is 80.0. The van der Waals surface area contributed by atoms with E-state index in [-0.39, 0.29) is 0 Å². The van der Waals surface area contributed by atoms with Gasteiger partial charge in [0.1, 0.15) is 0 Å². The molecule has 0 saturated heterocycles. The first kappa shape index (κ1) is 14.4. The van der Waals surface area contributed by atoms with Gasteiger partial charge in [-0.3, -0.25) is 5.21 Å². The molecule has 0 aliphatic rings. The summed E-state index contributed by atoms with van der Waals surface area (Å²) in [5.74, 6) is 0. The van der Waals surface area contributed by atoms with E-state index in [4.69, 9.17) is 0 Å². The van der Waals surface area contributed by atoms with Gasteiger partial charge in [0.15, 0.2) is 0 Å². The molecule has 0 aliphatic heterocycles. The molecular formula is C8H6Br4N2O2. The Bertz CT molecular complexity index is 394. The third kappa shape index (κ3) is 4.70. The predicted octanol–water partition coefficient (Wildman–Crippen LogP) is 4.15. The molecule has 0 unspecified atom stereocenters.